The Labute approximate surface area is 127 Å². The number of alkyl halides is 3. The molecule has 118 valence electrons. The summed E-state index contributed by atoms with van der Waals surface area (Å²) in [4.78, 5) is 3.65. The van der Waals surface area contributed by atoms with Crippen LogP contribution in [0.15, 0.2) is 30.5 Å². The lowest BCUT2D eigenvalue weighted by Crippen LogP contribution is -2.11. The predicted octanol–water partition coefficient (Wildman–Crippen LogP) is 4.69. The Morgan fingerprint density at radius 1 is 1.14 bits per heavy atom. The number of rotatable bonds is 3. The molecule has 0 aliphatic rings. The van der Waals surface area contributed by atoms with Crippen molar-refractivity contribution < 1.29 is 18.3 Å². The number of aliphatic hydroxyl groups is 1. The summed E-state index contributed by atoms with van der Waals surface area (Å²) in [5, 5.41) is 9.27. The summed E-state index contributed by atoms with van der Waals surface area (Å²) in [6.45, 7) is 5.38. The highest BCUT2D eigenvalue weighted by atomic mass is 19.4. The summed E-state index contributed by atoms with van der Waals surface area (Å²) in [6, 6.07) is 6.53. The van der Waals surface area contributed by atoms with E-state index in [-0.39, 0.29) is 18.1 Å². The Hall–Kier alpha value is -1.88. The van der Waals surface area contributed by atoms with Crippen LogP contribution in [-0.4, -0.2) is 10.1 Å². The van der Waals surface area contributed by atoms with Gasteiger partial charge in [-0.15, -0.1) is 0 Å². The minimum Gasteiger partial charge on any atom is -0.392 e. The molecule has 0 aliphatic carbocycles. The maximum absolute atomic E-state index is 13.2. The summed E-state index contributed by atoms with van der Waals surface area (Å²) in [5.74, 6) is 0.0793. The first-order chi connectivity index (χ1) is 10.2. The molecule has 1 aromatic carbocycles. The van der Waals surface area contributed by atoms with Crippen molar-refractivity contribution in [1.82, 2.24) is 4.98 Å². The first-order valence-electron chi connectivity index (χ1n) is 7.01. The summed E-state index contributed by atoms with van der Waals surface area (Å²) < 4.78 is 39.7. The van der Waals surface area contributed by atoms with E-state index in [1.807, 2.05) is 13.8 Å². The average Bonchev–Trinajstić information content (AvgIpc) is 2.44. The fourth-order valence-electron chi connectivity index (χ4n) is 2.35. The minimum atomic E-state index is -4.52. The van der Waals surface area contributed by atoms with Gasteiger partial charge in [0.1, 0.15) is 0 Å². The van der Waals surface area contributed by atoms with Crippen LogP contribution in [0.4, 0.5) is 13.2 Å². The van der Waals surface area contributed by atoms with Crippen LogP contribution in [-0.2, 0) is 12.8 Å². The summed E-state index contributed by atoms with van der Waals surface area (Å²) in [6.07, 6.45) is -3.24. The molecular weight excluding hydrogens is 291 g/mol. The highest BCUT2D eigenvalue weighted by Crippen LogP contribution is 2.37. The number of aryl methyl sites for hydroxylation is 1. The van der Waals surface area contributed by atoms with Crippen LogP contribution in [0.5, 0.6) is 0 Å². The third-order valence-corrected chi connectivity index (χ3v) is 3.47. The SMILES string of the molecule is Cc1cc(CO)cc(-c2cc(C(C)C)cnc2C(F)(F)F)c1. The molecule has 2 nitrogen and oxygen atoms in total. The number of halogens is 3. The lowest BCUT2D eigenvalue weighted by atomic mass is 9.95. The van der Waals surface area contributed by atoms with E-state index >= 15 is 0 Å². The molecule has 0 spiro atoms. The molecule has 0 atom stereocenters. The molecule has 0 radical (unpaired) electrons. The second kappa shape index (κ2) is 6.08. The third-order valence-electron chi connectivity index (χ3n) is 3.47. The lowest BCUT2D eigenvalue weighted by Gasteiger charge is -2.16. The predicted molar refractivity (Wildman–Crippen MR) is 79.4 cm³/mol. The van der Waals surface area contributed by atoms with E-state index in [4.69, 9.17) is 0 Å². The molecule has 0 fully saturated rings. The zero-order chi connectivity index (χ0) is 16.5. The van der Waals surface area contributed by atoms with E-state index in [0.717, 1.165) is 11.1 Å². The van der Waals surface area contributed by atoms with Crippen LogP contribution in [0.25, 0.3) is 11.1 Å². The first-order valence-corrected chi connectivity index (χ1v) is 7.01. The molecule has 1 heterocycles. The summed E-state index contributed by atoms with van der Waals surface area (Å²) in [5.41, 5.74) is 1.70. The molecule has 22 heavy (non-hydrogen) atoms. The van der Waals surface area contributed by atoms with Crippen LogP contribution >= 0.6 is 0 Å². The monoisotopic (exact) mass is 309 g/mol. The van der Waals surface area contributed by atoms with Gasteiger partial charge in [0.2, 0.25) is 0 Å². The van der Waals surface area contributed by atoms with Crippen LogP contribution in [0.1, 0.15) is 42.1 Å². The molecule has 0 saturated heterocycles. The summed E-state index contributed by atoms with van der Waals surface area (Å²) in [7, 11) is 0. The van der Waals surface area contributed by atoms with Crippen molar-refractivity contribution in [3.63, 3.8) is 0 Å². The van der Waals surface area contributed by atoms with Crippen LogP contribution in [0.2, 0.25) is 0 Å². The van der Waals surface area contributed by atoms with Gasteiger partial charge in [-0.2, -0.15) is 13.2 Å². The standard InChI is InChI=1S/C17H18F3NO/c1-10(2)14-7-15(16(21-8-14)17(18,19)20)13-5-11(3)4-12(6-13)9-22/h4-8,10,22H,9H2,1-3H3. The van der Waals surface area contributed by atoms with Crippen molar-refractivity contribution in [3.05, 3.63) is 52.8 Å². The maximum Gasteiger partial charge on any atom is 0.433 e. The van der Waals surface area contributed by atoms with Gasteiger partial charge in [0.05, 0.1) is 6.61 Å². The largest absolute Gasteiger partial charge is 0.433 e. The zero-order valence-corrected chi connectivity index (χ0v) is 12.7. The fourth-order valence-corrected chi connectivity index (χ4v) is 2.35. The van der Waals surface area contributed by atoms with Gasteiger partial charge in [-0.3, -0.25) is 4.98 Å². The molecule has 1 aromatic heterocycles. The van der Waals surface area contributed by atoms with Crippen LogP contribution in [0, 0.1) is 6.92 Å². The number of pyridine rings is 1. The molecule has 0 bridgehead atoms. The maximum atomic E-state index is 13.2. The van der Waals surface area contributed by atoms with Crippen molar-refractivity contribution in [2.75, 3.05) is 0 Å². The molecule has 0 unspecified atom stereocenters. The second-order valence-corrected chi connectivity index (χ2v) is 5.68. The van der Waals surface area contributed by atoms with E-state index in [1.54, 1.807) is 25.1 Å². The van der Waals surface area contributed by atoms with Gasteiger partial charge < -0.3 is 5.11 Å². The van der Waals surface area contributed by atoms with Crippen molar-refractivity contribution in [3.8, 4) is 11.1 Å². The molecule has 1 N–H and O–H groups in total. The number of nitrogens with zero attached hydrogens (tertiary/aromatic N) is 1. The highest BCUT2D eigenvalue weighted by Gasteiger charge is 2.36. The van der Waals surface area contributed by atoms with Gasteiger partial charge in [0, 0.05) is 11.8 Å². The second-order valence-electron chi connectivity index (χ2n) is 5.68. The Morgan fingerprint density at radius 2 is 1.82 bits per heavy atom. The van der Waals surface area contributed by atoms with Gasteiger partial charge >= 0.3 is 6.18 Å². The molecule has 0 aliphatic heterocycles. The molecule has 5 heteroatoms. The van der Waals surface area contributed by atoms with Crippen LogP contribution < -0.4 is 0 Å². The molecular formula is C17H18F3NO. The summed E-state index contributed by atoms with van der Waals surface area (Å²) >= 11 is 0. The van der Waals surface area contributed by atoms with E-state index in [9.17, 15) is 18.3 Å². The lowest BCUT2D eigenvalue weighted by molar-refractivity contribution is -0.140. The highest BCUT2D eigenvalue weighted by molar-refractivity contribution is 5.69. The number of hydrogen-bond donors (Lipinski definition) is 1. The van der Waals surface area contributed by atoms with Gasteiger partial charge in [-0.05, 0) is 41.7 Å². The average molecular weight is 309 g/mol. The Kier molecular flexibility index (Phi) is 4.56. The normalized spacial score (nSPS) is 12.0. The molecule has 2 rings (SSSR count). The van der Waals surface area contributed by atoms with Crippen molar-refractivity contribution in [2.24, 2.45) is 0 Å². The zero-order valence-electron chi connectivity index (χ0n) is 12.7. The van der Waals surface area contributed by atoms with E-state index < -0.39 is 11.9 Å². The van der Waals surface area contributed by atoms with Gasteiger partial charge in [-0.25, -0.2) is 0 Å². The van der Waals surface area contributed by atoms with Gasteiger partial charge in [0.15, 0.2) is 5.69 Å². The Morgan fingerprint density at radius 3 is 2.36 bits per heavy atom. The van der Waals surface area contributed by atoms with Crippen LogP contribution in [0.3, 0.4) is 0 Å². The smallest absolute Gasteiger partial charge is 0.392 e. The Balaban J connectivity index is 2.70. The molecule has 0 saturated carbocycles. The number of aromatic nitrogens is 1. The quantitative estimate of drug-likeness (QED) is 0.892. The Bertz CT molecular complexity index is 678. The van der Waals surface area contributed by atoms with E-state index in [2.05, 4.69) is 4.98 Å². The minimum absolute atomic E-state index is 0.0529. The van der Waals surface area contributed by atoms with Crippen molar-refractivity contribution >= 4 is 0 Å². The van der Waals surface area contributed by atoms with Gasteiger partial charge in [-0.1, -0.05) is 31.5 Å². The van der Waals surface area contributed by atoms with Gasteiger partial charge in [0.25, 0.3) is 0 Å². The molecule has 0 amide bonds. The van der Waals surface area contributed by atoms with E-state index in [1.165, 1.54) is 12.3 Å². The fraction of sp³-hybridized carbons (Fsp3) is 0.353. The first kappa shape index (κ1) is 16.5. The number of benzene rings is 1. The third kappa shape index (κ3) is 3.47. The topological polar surface area (TPSA) is 33.1 Å². The number of hydrogen-bond acceptors (Lipinski definition) is 2. The number of aliphatic hydroxyl groups excluding tert-OH is 1. The van der Waals surface area contributed by atoms with Crippen molar-refractivity contribution in [2.45, 2.75) is 39.5 Å². The van der Waals surface area contributed by atoms with E-state index in [0.29, 0.717) is 11.1 Å². The van der Waals surface area contributed by atoms with Crippen molar-refractivity contribution in [1.29, 1.82) is 0 Å². The molecule has 2 aromatic rings.